The normalized spacial score (nSPS) is 31.5. The first-order valence-electron chi connectivity index (χ1n) is 2.88. The maximum atomic E-state index is 8.89. The molecule has 0 spiro atoms. The molecule has 0 radical (unpaired) electrons. The van der Waals surface area contributed by atoms with Gasteiger partial charge in [-0.15, -0.1) is 0 Å². The average Bonchev–Trinajstić information content (AvgIpc) is 2.14. The molecule has 1 atom stereocenters. The van der Waals surface area contributed by atoms with Gasteiger partial charge in [0, 0.05) is 13.1 Å². The predicted molar refractivity (Wildman–Crippen MR) is 29.2 cm³/mol. The molecule has 3 heteroatoms. The minimum Gasteiger partial charge on any atom is -0.356 e. The van der Waals surface area contributed by atoms with Gasteiger partial charge in [0.15, 0.2) is 0 Å². The molecular weight excluding hydrogens is 106 g/mol. The van der Waals surface area contributed by atoms with Crippen molar-refractivity contribution in [2.45, 2.75) is 13.3 Å². The SMILES string of the molecule is CCN1CCOC1O. The summed E-state index contributed by atoms with van der Waals surface area (Å²) in [7, 11) is 0. The molecule has 0 saturated carbocycles. The van der Waals surface area contributed by atoms with E-state index in [1.807, 2.05) is 11.8 Å². The highest BCUT2D eigenvalue weighted by molar-refractivity contribution is 4.57. The van der Waals surface area contributed by atoms with Crippen LogP contribution in [0, 0.1) is 0 Å². The molecular formula is C5H11NO2. The minimum atomic E-state index is -0.639. The molecule has 1 aliphatic heterocycles. The molecule has 0 amide bonds. The molecule has 48 valence electrons. The van der Waals surface area contributed by atoms with Gasteiger partial charge in [-0.05, 0) is 0 Å². The Morgan fingerprint density at radius 1 is 1.88 bits per heavy atom. The lowest BCUT2D eigenvalue weighted by atomic mass is 10.6. The van der Waals surface area contributed by atoms with Crippen LogP contribution in [0.1, 0.15) is 6.92 Å². The van der Waals surface area contributed by atoms with Crippen LogP contribution in [0.2, 0.25) is 0 Å². The smallest absolute Gasteiger partial charge is 0.216 e. The number of hydrogen-bond acceptors (Lipinski definition) is 3. The first kappa shape index (κ1) is 6.01. The predicted octanol–water partition coefficient (Wildman–Crippen LogP) is -0.386. The second-order valence-corrected chi connectivity index (χ2v) is 1.83. The average molecular weight is 117 g/mol. The van der Waals surface area contributed by atoms with Gasteiger partial charge >= 0.3 is 0 Å². The van der Waals surface area contributed by atoms with Gasteiger partial charge in [-0.25, -0.2) is 0 Å². The Morgan fingerprint density at radius 3 is 2.88 bits per heavy atom. The van der Waals surface area contributed by atoms with Gasteiger partial charge in [0.25, 0.3) is 0 Å². The minimum absolute atomic E-state index is 0.639. The Hall–Kier alpha value is -0.120. The van der Waals surface area contributed by atoms with Crippen LogP contribution in [0.3, 0.4) is 0 Å². The van der Waals surface area contributed by atoms with E-state index in [1.165, 1.54) is 0 Å². The molecule has 1 rings (SSSR count). The lowest BCUT2D eigenvalue weighted by Crippen LogP contribution is -2.29. The van der Waals surface area contributed by atoms with Crippen LogP contribution >= 0.6 is 0 Å². The summed E-state index contributed by atoms with van der Waals surface area (Å²) in [5, 5.41) is 8.89. The van der Waals surface area contributed by atoms with E-state index in [0.717, 1.165) is 13.1 Å². The van der Waals surface area contributed by atoms with E-state index in [1.54, 1.807) is 0 Å². The third-order valence-corrected chi connectivity index (χ3v) is 1.36. The van der Waals surface area contributed by atoms with Gasteiger partial charge in [-0.3, -0.25) is 4.90 Å². The highest BCUT2D eigenvalue weighted by Crippen LogP contribution is 2.04. The van der Waals surface area contributed by atoms with E-state index < -0.39 is 6.41 Å². The fourth-order valence-corrected chi connectivity index (χ4v) is 0.806. The fraction of sp³-hybridized carbons (Fsp3) is 1.00. The van der Waals surface area contributed by atoms with Crippen LogP contribution < -0.4 is 0 Å². The zero-order valence-corrected chi connectivity index (χ0v) is 5.00. The van der Waals surface area contributed by atoms with Gasteiger partial charge < -0.3 is 9.84 Å². The molecule has 0 bridgehead atoms. The molecule has 8 heavy (non-hydrogen) atoms. The Bertz CT molecular complexity index is 76.8. The topological polar surface area (TPSA) is 32.7 Å². The number of ether oxygens (including phenoxy) is 1. The van der Waals surface area contributed by atoms with Crippen molar-refractivity contribution in [1.29, 1.82) is 0 Å². The van der Waals surface area contributed by atoms with Crippen LogP contribution in [0.25, 0.3) is 0 Å². The number of likely N-dealkylation sites (N-methyl/N-ethyl adjacent to an activating group) is 1. The summed E-state index contributed by atoms with van der Waals surface area (Å²) in [5.74, 6) is 0. The molecule has 1 fully saturated rings. The molecule has 1 aliphatic rings. The highest BCUT2D eigenvalue weighted by atomic mass is 16.6. The summed E-state index contributed by atoms with van der Waals surface area (Å²) < 4.78 is 4.84. The molecule has 0 aromatic rings. The first-order valence-corrected chi connectivity index (χ1v) is 2.88. The van der Waals surface area contributed by atoms with E-state index in [4.69, 9.17) is 9.84 Å². The van der Waals surface area contributed by atoms with Crippen molar-refractivity contribution >= 4 is 0 Å². The second-order valence-electron chi connectivity index (χ2n) is 1.83. The molecule has 1 N–H and O–H groups in total. The van der Waals surface area contributed by atoms with Crippen molar-refractivity contribution < 1.29 is 9.84 Å². The first-order chi connectivity index (χ1) is 3.84. The number of aliphatic hydroxyl groups is 1. The maximum absolute atomic E-state index is 8.89. The maximum Gasteiger partial charge on any atom is 0.216 e. The Morgan fingerprint density at radius 2 is 2.62 bits per heavy atom. The number of nitrogens with zero attached hydrogens (tertiary/aromatic N) is 1. The van der Waals surface area contributed by atoms with E-state index in [0.29, 0.717) is 6.61 Å². The van der Waals surface area contributed by atoms with Crippen LogP contribution in [0.15, 0.2) is 0 Å². The highest BCUT2D eigenvalue weighted by Gasteiger charge is 2.19. The van der Waals surface area contributed by atoms with Crippen molar-refractivity contribution in [3.8, 4) is 0 Å². The van der Waals surface area contributed by atoms with Crippen LogP contribution in [-0.4, -0.2) is 36.1 Å². The van der Waals surface area contributed by atoms with Crippen LogP contribution in [0.5, 0.6) is 0 Å². The Labute approximate surface area is 48.9 Å². The van der Waals surface area contributed by atoms with Crippen molar-refractivity contribution in [1.82, 2.24) is 4.90 Å². The largest absolute Gasteiger partial charge is 0.356 e. The van der Waals surface area contributed by atoms with Crippen LogP contribution in [0.4, 0.5) is 0 Å². The van der Waals surface area contributed by atoms with Crippen molar-refractivity contribution in [3.63, 3.8) is 0 Å². The zero-order valence-electron chi connectivity index (χ0n) is 5.00. The molecule has 1 unspecified atom stereocenters. The summed E-state index contributed by atoms with van der Waals surface area (Å²) in [6.45, 7) is 4.38. The summed E-state index contributed by atoms with van der Waals surface area (Å²) in [6, 6.07) is 0. The quantitative estimate of drug-likeness (QED) is 0.508. The third-order valence-electron chi connectivity index (χ3n) is 1.36. The zero-order chi connectivity index (χ0) is 5.98. The van der Waals surface area contributed by atoms with Gasteiger partial charge in [0.05, 0.1) is 6.61 Å². The Balaban J connectivity index is 2.30. The van der Waals surface area contributed by atoms with E-state index in [-0.39, 0.29) is 0 Å². The van der Waals surface area contributed by atoms with Gasteiger partial charge in [-0.1, -0.05) is 6.92 Å². The number of rotatable bonds is 1. The number of aliphatic hydroxyl groups excluding tert-OH is 1. The molecule has 0 aliphatic carbocycles. The van der Waals surface area contributed by atoms with Gasteiger partial charge in [0.2, 0.25) is 6.41 Å². The third kappa shape index (κ3) is 0.992. The summed E-state index contributed by atoms with van der Waals surface area (Å²) in [4.78, 5) is 1.86. The summed E-state index contributed by atoms with van der Waals surface area (Å²) in [6.07, 6.45) is -0.639. The molecule has 0 aromatic heterocycles. The van der Waals surface area contributed by atoms with E-state index in [2.05, 4.69) is 0 Å². The van der Waals surface area contributed by atoms with E-state index in [9.17, 15) is 0 Å². The lowest BCUT2D eigenvalue weighted by Gasteiger charge is -2.13. The van der Waals surface area contributed by atoms with Crippen molar-refractivity contribution in [2.24, 2.45) is 0 Å². The molecule has 3 nitrogen and oxygen atoms in total. The summed E-state index contributed by atoms with van der Waals surface area (Å²) in [5.41, 5.74) is 0. The van der Waals surface area contributed by atoms with Gasteiger partial charge in [0.1, 0.15) is 0 Å². The standard InChI is InChI=1S/C5H11NO2/c1-2-6-3-4-8-5(6)7/h5,7H,2-4H2,1H3. The fourth-order valence-electron chi connectivity index (χ4n) is 0.806. The van der Waals surface area contributed by atoms with Crippen molar-refractivity contribution in [3.05, 3.63) is 0 Å². The van der Waals surface area contributed by atoms with Gasteiger partial charge in [-0.2, -0.15) is 0 Å². The molecule has 0 aromatic carbocycles. The van der Waals surface area contributed by atoms with E-state index >= 15 is 0 Å². The second kappa shape index (κ2) is 2.44. The summed E-state index contributed by atoms with van der Waals surface area (Å²) >= 11 is 0. The molecule has 1 saturated heterocycles. The number of hydrogen-bond donors (Lipinski definition) is 1. The van der Waals surface area contributed by atoms with Crippen LogP contribution in [-0.2, 0) is 4.74 Å². The lowest BCUT2D eigenvalue weighted by molar-refractivity contribution is -0.131. The molecule has 1 heterocycles. The monoisotopic (exact) mass is 117 g/mol. The van der Waals surface area contributed by atoms with Crippen molar-refractivity contribution in [2.75, 3.05) is 19.7 Å². The Kier molecular flexibility index (Phi) is 1.83.